The summed E-state index contributed by atoms with van der Waals surface area (Å²) in [6, 6.07) is 6.65. The molecule has 0 aliphatic heterocycles. The average Bonchev–Trinajstić information content (AvgIpc) is 2.44. The molecule has 0 saturated heterocycles. The zero-order valence-corrected chi connectivity index (χ0v) is 13.8. The maximum Gasteiger partial charge on any atom is -0.0276 e. The highest BCUT2D eigenvalue weighted by atomic mass is 14.0. The Morgan fingerprint density at radius 2 is 1.44 bits per heavy atom. The molecule has 0 atom stereocenters. The zero-order chi connectivity index (χ0) is 14.4. The van der Waals surface area contributed by atoms with Gasteiger partial charge in [-0.25, -0.2) is 0 Å². The van der Waals surface area contributed by atoms with E-state index in [2.05, 4.69) is 39.0 Å². The number of hydrogen-bond acceptors (Lipinski definition) is 0. The van der Waals surface area contributed by atoms with E-state index >= 15 is 0 Å². The molecule has 0 bridgehead atoms. The Hall–Kier alpha value is -0.780. The van der Waals surface area contributed by atoms with Gasteiger partial charge in [0.1, 0.15) is 0 Å². The van der Waals surface area contributed by atoms with Crippen LogP contribution in [0.3, 0.4) is 0 Å². The quantitative estimate of drug-likeness (QED) is 0.525. The van der Waals surface area contributed by atoms with Crippen molar-refractivity contribution in [3.05, 3.63) is 34.9 Å². The summed E-state index contributed by atoms with van der Waals surface area (Å²) in [5, 5.41) is 0. The lowest BCUT2D eigenvalue weighted by Crippen LogP contribution is -1.92. The lowest BCUT2D eigenvalue weighted by Gasteiger charge is -2.07. The summed E-state index contributed by atoms with van der Waals surface area (Å²) >= 11 is 0. The van der Waals surface area contributed by atoms with Crippen molar-refractivity contribution >= 4 is 0 Å². The summed E-state index contributed by atoms with van der Waals surface area (Å²) < 4.78 is 0. The largest absolute Gasteiger partial charge is 0.0683 e. The number of benzene rings is 1. The third kappa shape index (κ3) is 8.33. The predicted octanol–water partition coefficient (Wildman–Crippen LogP) is 6.48. The lowest BCUT2D eigenvalue weighted by molar-refractivity contribution is 0.665. The molecule has 0 aliphatic rings. The molecule has 0 unspecified atom stereocenters. The van der Waals surface area contributed by atoms with Crippen molar-refractivity contribution in [2.45, 2.75) is 80.6 Å². The molecule has 0 nitrogen and oxygen atoms in total. The van der Waals surface area contributed by atoms with Gasteiger partial charge in [-0.3, -0.25) is 0 Å². The Bertz CT molecular complexity index is 273. The van der Waals surface area contributed by atoms with Gasteiger partial charge in [-0.05, 0) is 43.4 Å². The summed E-state index contributed by atoms with van der Waals surface area (Å²) in [4.78, 5) is 0. The SMILES string of the molecule is CC.CC.CCCCCCc1cccc(C)c1C. The molecule has 0 radical (unpaired) electrons. The standard InChI is InChI=1S/C14H22.2C2H6/c1-4-5-6-7-10-14-11-8-9-12(2)13(14)3;2*1-2/h8-9,11H,4-7,10H2,1-3H3;2*1-2H3. The first-order valence-corrected chi connectivity index (χ1v) is 7.80. The second kappa shape index (κ2) is 14.3. The normalized spacial score (nSPS) is 8.83. The van der Waals surface area contributed by atoms with Crippen LogP contribution in [0.4, 0.5) is 0 Å². The molecule has 1 rings (SSSR count). The number of aryl methyl sites for hydroxylation is 2. The van der Waals surface area contributed by atoms with Crippen molar-refractivity contribution in [1.29, 1.82) is 0 Å². The molecule has 0 spiro atoms. The van der Waals surface area contributed by atoms with Crippen LogP contribution in [0.15, 0.2) is 18.2 Å². The zero-order valence-electron chi connectivity index (χ0n) is 13.8. The van der Waals surface area contributed by atoms with E-state index in [1.165, 1.54) is 43.2 Å². The number of hydrogen-bond donors (Lipinski definition) is 0. The Labute approximate surface area is 116 Å². The van der Waals surface area contributed by atoms with Crippen molar-refractivity contribution in [2.75, 3.05) is 0 Å². The van der Waals surface area contributed by atoms with Gasteiger partial charge in [0.2, 0.25) is 0 Å². The topological polar surface area (TPSA) is 0 Å². The van der Waals surface area contributed by atoms with Crippen LogP contribution in [0.25, 0.3) is 0 Å². The minimum absolute atomic E-state index is 1.26. The van der Waals surface area contributed by atoms with Crippen LogP contribution in [0.2, 0.25) is 0 Å². The van der Waals surface area contributed by atoms with E-state index in [0.717, 1.165) is 0 Å². The van der Waals surface area contributed by atoms with Crippen molar-refractivity contribution in [3.63, 3.8) is 0 Å². The Morgan fingerprint density at radius 3 is 2.00 bits per heavy atom. The van der Waals surface area contributed by atoms with Crippen LogP contribution < -0.4 is 0 Å². The van der Waals surface area contributed by atoms with Crippen LogP contribution in [-0.4, -0.2) is 0 Å². The highest BCUT2D eigenvalue weighted by Crippen LogP contribution is 2.15. The minimum Gasteiger partial charge on any atom is -0.0683 e. The molecule has 0 aliphatic carbocycles. The smallest absolute Gasteiger partial charge is 0.0276 e. The number of rotatable bonds is 5. The fourth-order valence-corrected chi connectivity index (χ4v) is 1.82. The Kier molecular flexibility index (Phi) is 15.5. The maximum absolute atomic E-state index is 2.27. The summed E-state index contributed by atoms with van der Waals surface area (Å²) in [7, 11) is 0. The first kappa shape index (κ1) is 19.6. The van der Waals surface area contributed by atoms with Crippen LogP contribution in [0.5, 0.6) is 0 Å². The van der Waals surface area contributed by atoms with E-state index in [1.807, 2.05) is 27.7 Å². The molecule has 18 heavy (non-hydrogen) atoms. The van der Waals surface area contributed by atoms with E-state index in [9.17, 15) is 0 Å². The fourth-order valence-electron chi connectivity index (χ4n) is 1.82. The first-order chi connectivity index (χ1) is 8.75. The molecular weight excluding hydrogens is 216 g/mol. The molecule has 0 fully saturated rings. The van der Waals surface area contributed by atoms with Gasteiger partial charge in [-0.2, -0.15) is 0 Å². The summed E-state index contributed by atoms with van der Waals surface area (Å²) in [5.41, 5.74) is 4.46. The first-order valence-electron chi connectivity index (χ1n) is 7.80. The molecule has 0 heteroatoms. The van der Waals surface area contributed by atoms with E-state index in [0.29, 0.717) is 0 Å². The molecule has 1 aromatic rings. The monoisotopic (exact) mass is 250 g/mol. The lowest BCUT2D eigenvalue weighted by atomic mass is 9.98. The van der Waals surface area contributed by atoms with E-state index < -0.39 is 0 Å². The third-order valence-corrected chi connectivity index (χ3v) is 3.02. The van der Waals surface area contributed by atoms with Crippen molar-refractivity contribution in [1.82, 2.24) is 0 Å². The molecule has 106 valence electrons. The third-order valence-electron chi connectivity index (χ3n) is 3.02. The van der Waals surface area contributed by atoms with Gasteiger partial charge in [0.05, 0.1) is 0 Å². The van der Waals surface area contributed by atoms with Gasteiger partial charge in [0.25, 0.3) is 0 Å². The second-order valence-electron chi connectivity index (χ2n) is 4.17. The molecular formula is C18H34. The van der Waals surface area contributed by atoms with Gasteiger partial charge in [0, 0.05) is 0 Å². The van der Waals surface area contributed by atoms with Crippen LogP contribution >= 0.6 is 0 Å². The minimum atomic E-state index is 1.26. The molecule has 0 heterocycles. The van der Waals surface area contributed by atoms with Crippen molar-refractivity contribution in [3.8, 4) is 0 Å². The van der Waals surface area contributed by atoms with Crippen molar-refractivity contribution < 1.29 is 0 Å². The summed E-state index contributed by atoms with van der Waals surface area (Å²) in [5.74, 6) is 0. The summed E-state index contributed by atoms with van der Waals surface area (Å²) in [6.45, 7) is 14.7. The molecule has 0 saturated carbocycles. The van der Waals surface area contributed by atoms with Gasteiger partial charge in [-0.15, -0.1) is 0 Å². The second-order valence-corrected chi connectivity index (χ2v) is 4.17. The van der Waals surface area contributed by atoms with Gasteiger partial charge in [-0.1, -0.05) is 72.1 Å². The van der Waals surface area contributed by atoms with E-state index in [1.54, 1.807) is 5.56 Å². The molecule has 1 aromatic carbocycles. The molecule has 0 amide bonds. The molecule has 0 N–H and O–H groups in total. The van der Waals surface area contributed by atoms with Crippen LogP contribution in [-0.2, 0) is 6.42 Å². The highest BCUT2D eigenvalue weighted by Gasteiger charge is 1.99. The van der Waals surface area contributed by atoms with Gasteiger partial charge >= 0.3 is 0 Å². The number of unbranched alkanes of at least 4 members (excludes halogenated alkanes) is 3. The molecule has 0 aromatic heterocycles. The average molecular weight is 250 g/mol. The maximum atomic E-state index is 2.27. The Balaban J connectivity index is 0. The van der Waals surface area contributed by atoms with Crippen molar-refractivity contribution in [2.24, 2.45) is 0 Å². The van der Waals surface area contributed by atoms with E-state index in [4.69, 9.17) is 0 Å². The predicted molar refractivity (Wildman–Crippen MR) is 86.5 cm³/mol. The summed E-state index contributed by atoms with van der Waals surface area (Å²) in [6.07, 6.45) is 6.69. The van der Waals surface area contributed by atoms with E-state index in [-0.39, 0.29) is 0 Å². The fraction of sp³-hybridized carbons (Fsp3) is 0.667. The highest BCUT2D eigenvalue weighted by molar-refractivity contribution is 5.33. The van der Waals surface area contributed by atoms with Gasteiger partial charge in [0.15, 0.2) is 0 Å². The van der Waals surface area contributed by atoms with Gasteiger partial charge < -0.3 is 0 Å². The van der Waals surface area contributed by atoms with Crippen LogP contribution in [0.1, 0.15) is 77.0 Å². The van der Waals surface area contributed by atoms with Crippen LogP contribution in [0, 0.1) is 13.8 Å². The Morgan fingerprint density at radius 1 is 0.833 bits per heavy atom.